The first-order valence-corrected chi connectivity index (χ1v) is 15.3. The van der Waals surface area contributed by atoms with Crippen LogP contribution < -0.4 is 28.4 Å². The van der Waals surface area contributed by atoms with Crippen LogP contribution in [-0.2, 0) is 19.2 Å². The minimum atomic E-state index is -0.471. The molecule has 0 aliphatic carbocycles. The first-order chi connectivity index (χ1) is 23.0. The summed E-state index contributed by atoms with van der Waals surface area (Å²) < 4.78 is 33.9. The summed E-state index contributed by atoms with van der Waals surface area (Å²) in [6, 6.07) is 23.3. The third kappa shape index (κ3) is 7.07. The summed E-state index contributed by atoms with van der Waals surface area (Å²) in [6.45, 7) is 5.87. The van der Waals surface area contributed by atoms with Crippen molar-refractivity contribution < 1.29 is 47.6 Å². The van der Waals surface area contributed by atoms with Gasteiger partial charge in [0.2, 0.25) is 0 Å². The van der Waals surface area contributed by atoms with Crippen molar-refractivity contribution in [2.24, 2.45) is 0 Å². The number of fused-ring (bicyclic) bond motifs is 2. The summed E-state index contributed by atoms with van der Waals surface area (Å²) in [7, 11) is 0. The van der Waals surface area contributed by atoms with Gasteiger partial charge in [0.15, 0.2) is 0 Å². The summed E-state index contributed by atoms with van der Waals surface area (Å²) in [5.41, 5.74) is 5.00. The van der Waals surface area contributed by atoms with E-state index in [1.807, 2.05) is 42.5 Å². The predicted molar refractivity (Wildman–Crippen MR) is 174 cm³/mol. The second-order valence-corrected chi connectivity index (χ2v) is 11.4. The zero-order valence-electron chi connectivity index (χ0n) is 26.7. The van der Waals surface area contributed by atoms with Gasteiger partial charge in [-0.1, -0.05) is 24.3 Å². The van der Waals surface area contributed by atoms with E-state index in [0.717, 1.165) is 33.4 Å². The van der Waals surface area contributed by atoms with Gasteiger partial charge in [0, 0.05) is 68.4 Å². The van der Waals surface area contributed by atoms with E-state index in [4.69, 9.17) is 28.4 Å². The molecule has 0 radical (unpaired) electrons. The maximum atomic E-state index is 12.3. The fourth-order valence-corrected chi connectivity index (χ4v) is 6.02. The first-order valence-electron chi connectivity index (χ1n) is 15.3. The highest BCUT2D eigenvalue weighted by atomic mass is 16.5. The van der Waals surface area contributed by atoms with Crippen LogP contribution >= 0.6 is 0 Å². The van der Waals surface area contributed by atoms with Gasteiger partial charge >= 0.3 is 23.9 Å². The Labute approximate surface area is 276 Å². The largest absolute Gasteiger partial charge is 0.492 e. The van der Waals surface area contributed by atoms with Crippen molar-refractivity contribution in [3.05, 3.63) is 107 Å². The van der Waals surface area contributed by atoms with Crippen molar-refractivity contribution in [1.29, 1.82) is 0 Å². The predicted octanol–water partition coefficient (Wildman–Crippen LogP) is 6.63. The Morgan fingerprint density at radius 1 is 0.604 bits per heavy atom. The smallest absolute Gasteiger partial charge is 0.308 e. The second kappa shape index (κ2) is 13.4. The molecule has 0 saturated heterocycles. The zero-order chi connectivity index (χ0) is 33.9. The van der Waals surface area contributed by atoms with Crippen LogP contribution in [0.25, 0.3) is 11.6 Å². The molecule has 2 aliphatic rings. The van der Waals surface area contributed by atoms with Crippen LogP contribution in [0.1, 0.15) is 67.3 Å². The highest BCUT2D eigenvalue weighted by Crippen LogP contribution is 2.50. The van der Waals surface area contributed by atoms with Gasteiger partial charge in [0.05, 0.1) is 6.61 Å². The number of carbonyl (C=O) groups excluding carboxylic acids is 4. The summed E-state index contributed by atoms with van der Waals surface area (Å²) in [6.07, 6.45) is 2.01. The zero-order valence-corrected chi connectivity index (χ0v) is 26.7. The topological polar surface area (TPSA) is 124 Å². The molecule has 48 heavy (non-hydrogen) atoms. The molecule has 244 valence electrons. The number of esters is 4. The monoisotopic (exact) mass is 648 g/mol. The number of carbonyl (C=O) groups is 4. The van der Waals surface area contributed by atoms with Crippen LogP contribution in [-0.4, -0.2) is 37.1 Å². The SMILES string of the molecule is CC(=O)Oc1ccc(C2COc3cc(OC(C)=O)ccc3C2c2cc(C3=Cc4ccc(OC(C)=O)cc4OC3)ccc2OC(C)=O)cc1. The molecule has 2 atom stereocenters. The van der Waals surface area contributed by atoms with E-state index in [1.165, 1.54) is 27.7 Å². The van der Waals surface area contributed by atoms with Gasteiger partial charge in [0.1, 0.15) is 41.1 Å². The molecule has 0 saturated carbocycles. The normalized spacial score (nSPS) is 16.1. The van der Waals surface area contributed by atoms with Crippen molar-refractivity contribution in [3.8, 4) is 34.5 Å². The molecule has 4 aromatic carbocycles. The summed E-state index contributed by atoms with van der Waals surface area (Å²) in [4.78, 5) is 47.0. The third-order valence-electron chi connectivity index (χ3n) is 7.90. The van der Waals surface area contributed by atoms with E-state index in [-0.39, 0.29) is 25.0 Å². The van der Waals surface area contributed by atoms with Crippen molar-refractivity contribution in [1.82, 2.24) is 0 Å². The number of benzene rings is 4. The van der Waals surface area contributed by atoms with Gasteiger partial charge in [-0.25, -0.2) is 0 Å². The number of rotatable bonds is 7. The molecule has 2 unspecified atom stereocenters. The maximum absolute atomic E-state index is 12.3. The molecule has 6 rings (SSSR count). The Hall–Kier alpha value is -5.90. The van der Waals surface area contributed by atoms with Gasteiger partial charge in [-0.3, -0.25) is 19.2 Å². The molecule has 10 heteroatoms. The van der Waals surface area contributed by atoms with Crippen molar-refractivity contribution in [3.63, 3.8) is 0 Å². The maximum Gasteiger partial charge on any atom is 0.308 e. The van der Waals surface area contributed by atoms with Crippen molar-refractivity contribution in [2.45, 2.75) is 39.5 Å². The molecule has 2 aliphatic heterocycles. The average molecular weight is 649 g/mol. The molecule has 0 amide bonds. The molecule has 0 aromatic heterocycles. The van der Waals surface area contributed by atoms with E-state index in [9.17, 15) is 19.2 Å². The Balaban J connectivity index is 1.46. The molecule has 4 aromatic rings. The minimum absolute atomic E-state index is 0.250. The number of hydrogen-bond acceptors (Lipinski definition) is 10. The quantitative estimate of drug-likeness (QED) is 0.159. The van der Waals surface area contributed by atoms with E-state index < -0.39 is 23.9 Å². The molecule has 0 fully saturated rings. The molecule has 0 spiro atoms. The molecule has 0 bridgehead atoms. The Morgan fingerprint density at radius 2 is 1.21 bits per heavy atom. The minimum Gasteiger partial charge on any atom is -0.492 e. The molecule has 0 N–H and O–H groups in total. The summed E-state index contributed by atoms with van der Waals surface area (Å²) in [5, 5.41) is 0. The standard InChI is InChI=1S/C38H32O10/c1-21(39)45-29-9-5-25(6-10-29)34-20-44-37-18-31(47-23(3)41)12-13-32(37)38(34)33-16-26(8-14-35(33)48-24(4)42)28-15-27-7-11-30(46-22(2)40)17-36(27)43-19-28/h5-18,34,38H,19-20H2,1-4H3. The molecular weight excluding hydrogens is 616 g/mol. The van der Waals surface area contributed by atoms with Gasteiger partial charge in [0.25, 0.3) is 0 Å². The third-order valence-corrected chi connectivity index (χ3v) is 7.90. The lowest BCUT2D eigenvalue weighted by atomic mass is 9.75. The fourth-order valence-electron chi connectivity index (χ4n) is 6.02. The lowest BCUT2D eigenvalue weighted by molar-refractivity contribution is -0.132. The second-order valence-electron chi connectivity index (χ2n) is 11.4. The van der Waals surface area contributed by atoms with Gasteiger partial charge < -0.3 is 28.4 Å². The lowest BCUT2D eigenvalue weighted by Crippen LogP contribution is -2.26. The van der Waals surface area contributed by atoms with Crippen LogP contribution in [0.4, 0.5) is 0 Å². The van der Waals surface area contributed by atoms with Crippen LogP contribution in [0.5, 0.6) is 34.5 Å². The van der Waals surface area contributed by atoms with Crippen LogP contribution in [0, 0.1) is 0 Å². The van der Waals surface area contributed by atoms with E-state index in [2.05, 4.69) is 0 Å². The van der Waals surface area contributed by atoms with Gasteiger partial charge in [-0.05, 0) is 65.2 Å². The summed E-state index contributed by atoms with van der Waals surface area (Å²) in [5.74, 6) is 0.266. The van der Waals surface area contributed by atoms with Crippen LogP contribution in [0.3, 0.4) is 0 Å². The Kier molecular flexibility index (Phi) is 8.98. The Morgan fingerprint density at radius 3 is 1.88 bits per heavy atom. The van der Waals surface area contributed by atoms with E-state index >= 15 is 0 Å². The average Bonchev–Trinajstić information content (AvgIpc) is 3.03. The van der Waals surface area contributed by atoms with E-state index in [1.54, 1.807) is 42.5 Å². The molecule has 2 heterocycles. The van der Waals surface area contributed by atoms with Crippen LogP contribution in [0.15, 0.2) is 78.9 Å². The fraction of sp³-hybridized carbons (Fsp3) is 0.211. The van der Waals surface area contributed by atoms with Crippen LogP contribution in [0.2, 0.25) is 0 Å². The molecule has 10 nitrogen and oxygen atoms in total. The van der Waals surface area contributed by atoms with Crippen molar-refractivity contribution >= 4 is 35.5 Å². The van der Waals surface area contributed by atoms with Crippen molar-refractivity contribution in [2.75, 3.05) is 13.2 Å². The Bertz CT molecular complexity index is 1960. The number of hydrogen-bond donors (Lipinski definition) is 0. The van der Waals surface area contributed by atoms with E-state index in [0.29, 0.717) is 34.5 Å². The molecular formula is C38H32O10. The highest BCUT2D eigenvalue weighted by molar-refractivity contribution is 5.87. The highest BCUT2D eigenvalue weighted by Gasteiger charge is 2.36. The summed E-state index contributed by atoms with van der Waals surface area (Å²) >= 11 is 0. The lowest BCUT2D eigenvalue weighted by Gasteiger charge is -2.35. The first kappa shape index (κ1) is 32.1. The van der Waals surface area contributed by atoms with Gasteiger partial charge in [-0.15, -0.1) is 0 Å². The van der Waals surface area contributed by atoms with Gasteiger partial charge in [-0.2, -0.15) is 0 Å². The number of ether oxygens (including phenoxy) is 6.